The molecule has 4 aliphatic carbocycles. The fourth-order valence-electron chi connectivity index (χ4n) is 8.85. The third-order valence-corrected chi connectivity index (χ3v) is 12.0. The summed E-state index contributed by atoms with van der Waals surface area (Å²) in [7, 11) is 0. The van der Waals surface area contributed by atoms with Crippen LogP contribution in [0.1, 0.15) is 68.8 Å². The molecule has 62 heavy (non-hydrogen) atoms. The molecule has 5 aliphatic rings. The maximum Gasteiger partial charge on any atom is 0.164 e. The minimum absolute atomic E-state index is 0.669. The largest absolute Gasteiger partial charge is 0.314 e. The smallest absolute Gasteiger partial charge is 0.164 e. The van der Waals surface area contributed by atoms with E-state index in [1.807, 2.05) is 36.4 Å². The molecule has 4 aromatic carbocycles. The molecule has 0 spiro atoms. The van der Waals surface area contributed by atoms with E-state index in [1.54, 1.807) is 0 Å². The number of benzene rings is 4. The van der Waals surface area contributed by atoms with Gasteiger partial charge in [0.15, 0.2) is 34.9 Å². The van der Waals surface area contributed by atoms with Crippen LogP contribution < -0.4 is 9.80 Å². The standard InChI is InChI=1S/C54H44N8/c1-5-17-37(18-6-1)49-55-50(38-19-7-2-8-20-38)58-53(57-49)41-29-33-43(34-30-41)61-45-25-13-15-27-47(45)62(48-28-16-14-26-46(48)61)44-35-31-42(32-36-44)54-59-51(39-21-9-3-10-22-39)56-52(60-54)40-23-11-4-12-24-40/h1-3,5-7,9-11,13-15,17-19,21-27,29-31,33-35H,4,8,12,16,20,28,32,36H2. The van der Waals surface area contributed by atoms with Gasteiger partial charge in [-0.25, -0.2) is 29.9 Å². The number of hydrogen-bond acceptors (Lipinski definition) is 8. The number of hydrogen-bond donors (Lipinski definition) is 0. The van der Waals surface area contributed by atoms with E-state index in [-0.39, 0.29) is 0 Å². The van der Waals surface area contributed by atoms with Gasteiger partial charge in [-0.15, -0.1) is 0 Å². The Hall–Kier alpha value is -7.58. The fraction of sp³-hybridized carbons (Fsp3) is 0.148. The molecule has 300 valence electrons. The van der Waals surface area contributed by atoms with E-state index in [4.69, 9.17) is 29.9 Å². The second-order valence-electron chi connectivity index (χ2n) is 16.0. The van der Waals surface area contributed by atoms with Crippen LogP contribution in [-0.2, 0) is 0 Å². The second kappa shape index (κ2) is 16.5. The molecule has 1 aliphatic heterocycles. The highest BCUT2D eigenvalue weighted by Gasteiger charge is 2.34. The lowest BCUT2D eigenvalue weighted by atomic mass is 9.95. The van der Waals surface area contributed by atoms with Gasteiger partial charge in [-0.3, -0.25) is 0 Å². The van der Waals surface area contributed by atoms with Gasteiger partial charge in [0.05, 0.1) is 17.1 Å². The maximum absolute atomic E-state index is 5.06. The first kappa shape index (κ1) is 37.4. The Morgan fingerprint density at radius 1 is 0.403 bits per heavy atom. The van der Waals surface area contributed by atoms with E-state index in [0.29, 0.717) is 17.5 Å². The third-order valence-electron chi connectivity index (χ3n) is 12.0. The van der Waals surface area contributed by atoms with Crippen molar-refractivity contribution in [2.75, 3.05) is 9.80 Å². The van der Waals surface area contributed by atoms with Gasteiger partial charge >= 0.3 is 0 Å². The Labute approximate surface area is 362 Å². The van der Waals surface area contributed by atoms with Crippen LogP contribution in [0.4, 0.5) is 17.1 Å². The average Bonchev–Trinajstić information content (AvgIpc) is 3.36. The highest BCUT2D eigenvalue weighted by molar-refractivity contribution is 5.89. The molecule has 0 saturated carbocycles. The van der Waals surface area contributed by atoms with E-state index < -0.39 is 0 Å². The fourth-order valence-corrected chi connectivity index (χ4v) is 8.85. The zero-order valence-electron chi connectivity index (χ0n) is 34.4. The van der Waals surface area contributed by atoms with E-state index >= 15 is 0 Å². The first-order valence-electron chi connectivity index (χ1n) is 21.7. The summed E-state index contributed by atoms with van der Waals surface area (Å²) >= 11 is 0. The molecule has 8 nitrogen and oxygen atoms in total. The van der Waals surface area contributed by atoms with Crippen LogP contribution in [0.15, 0.2) is 187 Å². The number of para-hydroxylation sites is 2. The van der Waals surface area contributed by atoms with Crippen molar-refractivity contribution in [1.82, 2.24) is 29.9 Å². The normalized spacial score (nSPS) is 16.9. The van der Waals surface area contributed by atoms with Crippen LogP contribution in [0.3, 0.4) is 0 Å². The van der Waals surface area contributed by atoms with Crippen molar-refractivity contribution in [3.8, 4) is 34.2 Å². The zero-order valence-corrected chi connectivity index (χ0v) is 34.4. The number of aromatic nitrogens is 6. The zero-order chi connectivity index (χ0) is 41.2. The summed E-state index contributed by atoms with van der Waals surface area (Å²) in [5.41, 5.74) is 13.4. The SMILES string of the molecule is C1=CCCC(c2nc(-c3ccccc3)nc(-c3ccc(N4C5=C(CCC=C5)N(C5=CC=C(c6nc(C7=CCCC=C7)nc(-c7ccccc7)n6)CC5)c5ccccc54)cc3)n2)=C1. The predicted molar refractivity (Wildman–Crippen MR) is 250 cm³/mol. The number of allylic oxidation sites excluding steroid dienone is 15. The summed E-state index contributed by atoms with van der Waals surface area (Å²) in [6, 6.07) is 37.9. The Balaban J connectivity index is 0.944. The van der Waals surface area contributed by atoms with E-state index in [9.17, 15) is 0 Å². The minimum atomic E-state index is 0.669. The summed E-state index contributed by atoms with van der Waals surface area (Å²) in [6.45, 7) is 0. The average molecular weight is 805 g/mol. The van der Waals surface area contributed by atoms with E-state index in [0.717, 1.165) is 114 Å². The van der Waals surface area contributed by atoms with Gasteiger partial charge < -0.3 is 9.80 Å². The molecule has 11 rings (SSSR count). The minimum Gasteiger partial charge on any atom is -0.314 e. The van der Waals surface area contributed by atoms with Crippen molar-refractivity contribution in [2.45, 2.75) is 51.4 Å². The van der Waals surface area contributed by atoms with Gasteiger partial charge in [0.25, 0.3) is 0 Å². The van der Waals surface area contributed by atoms with Crippen molar-refractivity contribution in [1.29, 1.82) is 0 Å². The van der Waals surface area contributed by atoms with Gasteiger partial charge in [-0.05, 0) is 111 Å². The van der Waals surface area contributed by atoms with E-state index in [1.165, 1.54) is 22.8 Å². The first-order chi connectivity index (χ1) is 30.7. The van der Waals surface area contributed by atoms with E-state index in [2.05, 4.69) is 143 Å². The van der Waals surface area contributed by atoms with Gasteiger partial charge in [0, 0.05) is 39.3 Å². The van der Waals surface area contributed by atoms with Crippen LogP contribution in [0.5, 0.6) is 0 Å². The molecular formula is C54H44N8. The van der Waals surface area contributed by atoms with Crippen LogP contribution in [0, 0.1) is 0 Å². The molecule has 2 aromatic heterocycles. The molecule has 0 radical (unpaired) electrons. The number of anilines is 3. The Morgan fingerprint density at radius 3 is 1.61 bits per heavy atom. The Morgan fingerprint density at radius 2 is 0.984 bits per heavy atom. The summed E-state index contributed by atoms with van der Waals surface area (Å²) in [5.74, 6) is 4.26. The second-order valence-corrected chi connectivity index (χ2v) is 16.0. The molecule has 3 heterocycles. The predicted octanol–water partition coefficient (Wildman–Crippen LogP) is 12.8. The topological polar surface area (TPSA) is 83.8 Å². The molecule has 0 N–H and O–H groups in total. The van der Waals surface area contributed by atoms with Crippen LogP contribution >= 0.6 is 0 Å². The Bertz CT molecular complexity index is 2950. The van der Waals surface area contributed by atoms with Crippen molar-refractivity contribution >= 4 is 33.8 Å². The van der Waals surface area contributed by atoms with Crippen LogP contribution in [0.25, 0.3) is 50.9 Å². The van der Waals surface area contributed by atoms with Crippen molar-refractivity contribution in [2.24, 2.45) is 0 Å². The monoisotopic (exact) mass is 804 g/mol. The maximum atomic E-state index is 5.06. The number of rotatable bonds is 8. The van der Waals surface area contributed by atoms with Gasteiger partial charge in [-0.1, -0.05) is 121 Å². The van der Waals surface area contributed by atoms with Gasteiger partial charge in [-0.2, -0.15) is 0 Å². The molecule has 8 heteroatoms. The highest BCUT2D eigenvalue weighted by Crippen LogP contribution is 2.49. The molecule has 0 bridgehead atoms. The van der Waals surface area contributed by atoms with Crippen LogP contribution in [-0.4, -0.2) is 29.9 Å². The molecule has 0 fully saturated rings. The van der Waals surface area contributed by atoms with Gasteiger partial charge in [0.1, 0.15) is 0 Å². The Kier molecular flexibility index (Phi) is 9.94. The van der Waals surface area contributed by atoms with Crippen LogP contribution in [0.2, 0.25) is 0 Å². The lowest BCUT2D eigenvalue weighted by Gasteiger charge is -2.43. The first-order valence-corrected chi connectivity index (χ1v) is 21.7. The summed E-state index contributed by atoms with van der Waals surface area (Å²) in [4.78, 5) is 35.0. The lowest BCUT2D eigenvalue weighted by molar-refractivity contribution is 0.808. The van der Waals surface area contributed by atoms with Crippen molar-refractivity contribution < 1.29 is 0 Å². The van der Waals surface area contributed by atoms with Gasteiger partial charge in [0.2, 0.25) is 0 Å². The summed E-state index contributed by atoms with van der Waals surface area (Å²) in [6.07, 6.45) is 29.6. The summed E-state index contributed by atoms with van der Waals surface area (Å²) in [5, 5.41) is 0. The molecule has 6 aromatic rings. The van der Waals surface area contributed by atoms with Crippen molar-refractivity contribution in [3.63, 3.8) is 0 Å². The molecular weight excluding hydrogens is 761 g/mol. The summed E-state index contributed by atoms with van der Waals surface area (Å²) < 4.78 is 0. The number of fused-ring (bicyclic) bond motifs is 1. The van der Waals surface area contributed by atoms with Crippen molar-refractivity contribution in [3.05, 3.63) is 205 Å². The molecule has 0 saturated heterocycles. The molecule has 0 atom stereocenters. The third kappa shape index (κ3) is 7.23. The number of nitrogens with zero attached hydrogens (tertiary/aromatic N) is 8. The quantitative estimate of drug-likeness (QED) is 0.150. The molecule has 0 amide bonds. The lowest BCUT2D eigenvalue weighted by Crippen LogP contribution is -2.34. The highest BCUT2D eigenvalue weighted by atomic mass is 15.3. The molecule has 0 unspecified atom stereocenters.